The molecule has 0 fully saturated rings. The van der Waals surface area contributed by atoms with Crippen LogP contribution in [0.25, 0.3) is 0 Å². The number of methoxy groups -OCH3 is 1. The highest BCUT2D eigenvalue weighted by molar-refractivity contribution is 4.60. The molecular weight excluding hydrogens is 162 g/mol. The number of nitrogens with one attached hydrogen (secondary N) is 1. The number of hydrogen-bond acceptors (Lipinski definition) is 2. The lowest BCUT2D eigenvalue weighted by molar-refractivity contribution is 0.195. The largest absolute Gasteiger partial charge is 0.383 e. The summed E-state index contributed by atoms with van der Waals surface area (Å²) in [7, 11) is 1.74. The summed E-state index contributed by atoms with van der Waals surface area (Å²) in [6.45, 7) is 8.59. The zero-order chi connectivity index (χ0) is 10.1. The summed E-state index contributed by atoms with van der Waals surface area (Å²) in [6, 6.07) is 0.633. The Bertz CT molecular complexity index is 104. The molecule has 0 unspecified atom stereocenters. The summed E-state index contributed by atoms with van der Waals surface area (Å²) in [4.78, 5) is 0. The maximum atomic E-state index is 4.97. The maximum Gasteiger partial charge on any atom is 0.0587 e. The van der Waals surface area contributed by atoms with Crippen molar-refractivity contribution in [1.29, 1.82) is 0 Å². The van der Waals surface area contributed by atoms with E-state index >= 15 is 0 Å². The number of ether oxygens (including phenoxy) is 1. The average Bonchev–Trinajstić information content (AvgIpc) is 2.04. The lowest BCUT2D eigenvalue weighted by Gasteiger charge is -2.13. The smallest absolute Gasteiger partial charge is 0.0587 e. The molecule has 0 aliphatic carbocycles. The fourth-order valence-electron chi connectivity index (χ4n) is 1.34. The molecule has 0 saturated carbocycles. The fraction of sp³-hybridized carbons (Fsp3) is 1.00. The predicted molar refractivity (Wildman–Crippen MR) is 58.0 cm³/mol. The minimum atomic E-state index is 0.633. The van der Waals surface area contributed by atoms with Crippen LogP contribution in [0, 0.1) is 5.92 Å². The SMILES string of the molecule is COCCN[C@H](C)CCCC(C)C. The Morgan fingerprint density at radius 3 is 2.38 bits per heavy atom. The molecule has 13 heavy (non-hydrogen) atoms. The number of hydrogen-bond donors (Lipinski definition) is 1. The highest BCUT2D eigenvalue weighted by atomic mass is 16.5. The second kappa shape index (κ2) is 8.52. The Morgan fingerprint density at radius 1 is 1.15 bits per heavy atom. The Kier molecular flexibility index (Phi) is 8.46. The van der Waals surface area contributed by atoms with Crippen molar-refractivity contribution in [3.8, 4) is 0 Å². The minimum Gasteiger partial charge on any atom is -0.383 e. The highest BCUT2D eigenvalue weighted by Crippen LogP contribution is 2.07. The molecule has 0 aromatic carbocycles. The Hall–Kier alpha value is -0.0800. The molecule has 0 saturated heterocycles. The molecule has 80 valence electrons. The van der Waals surface area contributed by atoms with Crippen molar-refractivity contribution < 1.29 is 4.74 Å². The minimum absolute atomic E-state index is 0.633. The summed E-state index contributed by atoms with van der Waals surface area (Å²) < 4.78 is 4.97. The van der Waals surface area contributed by atoms with Gasteiger partial charge < -0.3 is 10.1 Å². The first kappa shape index (κ1) is 12.9. The average molecular weight is 187 g/mol. The van der Waals surface area contributed by atoms with Crippen molar-refractivity contribution in [2.24, 2.45) is 5.92 Å². The normalized spacial score (nSPS) is 13.6. The van der Waals surface area contributed by atoms with E-state index in [1.165, 1.54) is 19.3 Å². The van der Waals surface area contributed by atoms with Gasteiger partial charge in [-0.3, -0.25) is 0 Å². The van der Waals surface area contributed by atoms with Crippen LogP contribution in [0.2, 0.25) is 0 Å². The summed E-state index contributed by atoms with van der Waals surface area (Å²) in [5.41, 5.74) is 0. The van der Waals surface area contributed by atoms with Gasteiger partial charge >= 0.3 is 0 Å². The van der Waals surface area contributed by atoms with Crippen molar-refractivity contribution >= 4 is 0 Å². The van der Waals surface area contributed by atoms with Crippen molar-refractivity contribution in [2.45, 2.75) is 46.1 Å². The van der Waals surface area contributed by atoms with Crippen molar-refractivity contribution in [3.05, 3.63) is 0 Å². The summed E-state index contributed by atoms with van der Waals surface area (Å²) >= 11 is 0. The Morgan fingerprint density at radius 2 is 1.85 bits per heavy atom. The molecular formula is C11H25NO. The van der Waals surface area contributed by atoms with Gasteiger partial charge in [-0.15, -0.1) is 0 Å². The lowest BCUT2D eigenvalue weighted by atomic mass is 10.0. The Balaban J connectivity index is 3.15. The van der Waals surface area contributed by atoms with E-state index in [4.69, 9.17) is 4.74 Å². The molecule has 2 heteroatoms. The van der Waals surface area contributed by atoms with Crippen LogP contribution in [0.15, 0.2) is 0 Å². The van der Waals surface area contributed by atoms with Crippen LogP contribution >= 0.6 is 0 Å². The second-order valence-corrected chi connectivity index (χ2v) is 4.17. The van der Waals surface area contributed by atoms with E-state index in [0.717, 1.165) is 19.1 Å². The summed E-state index contributed by atoms with van der Waals surface area (Å²) in [5, 5.41) is 3.43. The first-order chi connectivity index (χ1) is 6.16. The second-order valence-electron chi connectivity index (χ2n) is 4.17. The van der Waals surface area contributed by atoms with Gasteiger partial charge in [0.25, 0.3) is 0 Å². The molecule has 0 aliphatic heterocycles. The summed E-state index contributed by atoms with van der Waals surface area (Å²) in [6.07, 6.45) is 3.96. The molecule has 2 nitrogen and oxygen atoms in total. The number of rotatable bonds is 8. The monoisotopic (exact) mass is 187 g/mol. The van der Waals surface area contributed by atoms with Crippen LogP contribution in [0.4, 0.5) is 0 Å². The van der Waals surface area contributed by atoms with Gasteiger partial charge in [-0.25, -0.2) is 0 Å². The van der Waals surface area contributed by atoms with Crippen LogP contribution in [-0.4, -0.2) is 26.3 Å². The van der Waals surface area contributed by atoms with Crippen LogP contribution in [0.1, 0.15) is 40.0 Å². The van der Waals surface area contributed by atoms with Gasteiger partial charge in [0.1, 0.15) is 0 Å². The van der Waals surface area contributed by atoms with Crippen LogP contribution < -0.4 is 5.32 Å². The zero-order valence-corrected chi connectivity index (χ0v) is 9.60. The molecule has 0 heterocycles. The van der Waals surface area contributed by atoms with Gasteiger partial charge in [0, 0.05) is 19.7 Å². The van der Waals surface area contributed by atoms with Crippen LogP contribution in [0.3, 0.4) is 0 Å². The molecule has 0 spiro atoms. The van der Waals surface area contributed by atoms with Gasteiger partial charge in [-0.1, -0.05) is 26.7 Å². The van der Waals surface area contributed by atoms with Gasteiger partial charge in [-0.2, -0.15) is 0 Å². The maximum absolute atomic E-state index is 4.97. The van der Waals surface area contributed by atoms with E-state index < -0.39 is 0 Å². The third-order valence-electron chi connectivity index (χ3n) is 2.22. The lowest BCUT2D eigenvalue weighted by Crippen LogP contribution is -2.29. The van der Waals surface area contributed by atoms with E-state index in [1.54, 1.807) is 7.11 Å². The van der Waals surface area contributed by atoms with Gasteiger partial charge in [0.05, 0.1) is 6.61 Å². The summed E-state index contributed by atoms with van der Waals surface area (Å²) in [5.74, 6) is 0.839. The standard InChI is InChI=1S/C11H25NO/c1-10(2)6-5-7-11(3)12-8-9-13-4/h10-12H,5-9H2,1-4H3/t11-/m1/s1. The molecule has 0 rings (SSSR count). The first-order valence-corrected chi connectivity index (χ1v) is 5.39. The van der Waals surface area contributed by atoms with Crippen molar-refractivity contribution in [2.75, 3.05) is 20.3 Å². The van der Waals surface area contributed by atoms with Crippen molar-refractivity contribution in [3.63, 3.8) is 0 Å². The third-order valence-corrected chi connectivity index (χ3v) is 2.22. The Labute approximate surface area is 83.1 Å². The van der Waals surface area contributed by atoms with Gasteiger partial charge in [0.2, 0.25) is 0 Å². The van der Waals surface area contributed by atoms with E-state index in [-0.39, 0.29) is 0 Å². The molecule has 0 aliphatic rings. The van der Waals surface area contributed by atoms with Crippen LogP contribution in [0.5, 0.6) is 0 Å². The molecule has 0 bridgehead atoms. The molecule has 0 aromatic rings. The van der Waals surface area contributed by atoms with E-state index in [1.807, 2.05) is 0 Å². The molecule has 1 atom stereocenters. The van der Waals surface area contributed by atoms with Crippen molar-refractivity contribution in [1.82, 2.24) is 5.32 Å². The first-order valence-electron chi connectivity index (χ1n) is 5.39. The topological polar surface area (TPSA) is 21.3 Å². The highest BCUT2D eigenvalue weighted by Gasteiger charge is 2.01. The third kappa shape index (κ3) is 9.84. The van der Waals surface area contributed by atoms with Crippen LogP contribution in [-0.2, 0) is 4.74 Å². The van der Waals surface area contributed by atoms with E-state index in [2.05, 4.69) is 26.1 Å². The zero-order valence-electron chi connectivity index (χ0n) is 9.60. The predicted octanol–water partition coefficient (Wildman–Crippen LogP) is 2.44. The van der Waals surface area contributed by atoms with E-state index in [9.17, 15) is 0 Å². The van der Waals surface area contributed by atoms with E-state index in [0.29, 0.717) is 6.04 Å². The fourth-order valence-corrected chi connectivity index (χ4v) is 1.34. The molecule has 1 N–H and O–H groups in total. The quantitative estimate of drug-likeness (QED) is 0.589. The molecule has 0 aromatic heterocycles. The van der Waals surface area contributed by atoms with Gasteiger partial charge in [-0.05, 0) is 19.3 Å². The molecule has 0 amide bonds. The van der Waals surface area contributed by atoms with Gasteiger partial charge in [0.15, 0.2) is 0 Å². The molecule has 0 radical (unpaired) electrons.